The zero-order chi connectivity index (χ0) is 13.9. The smallest absolute Gasteiger partial charge is 0.330 e. The van der Waals surface area contributed by atoms with Crippen LogP contribution in [0.5, 0.6) is 0 Å². The quantitative estimate of drug-likeness (QED) is 0.913. The van der Waals surface area contributed by atoms with Gasteiger partial charge in [0.15, 0.2) is 0 Å². The van der Waals surface area contributed by atoms with Gasteiger partial charge in [0.1, 0.15) is 0 Å². The average Bonchev–Trinajstić information content (AvgIpc) is 2.78. The van der Waals surface area contributed by atoms with Crippen LogP contribution >= 0.6 is 0 Å². The molecule has 1 aromatic rings. The lowest BCUT2D eigenvalue weighted by Gasteiger charge is -2.32. The second-order valence-electron chi connectivity index (χ2n) is 5.05. The van der Waals surface area contributed by atoms with Crippen molar-refractivity contribution in [2.24, 2.45) is 11.7 Å². The minimum atomic E-state index is -4.21. The summed E-state index contributed by atoms with van der Waals surface area (Å²) in [6.45, 7) is 0.948. The number of nitrogens with zero attached hydrogens (tertiary/aromatic N) is 1. The lowest BCUT2D eigenvalue weighted by atomic mass is 9.96. The normalized spacial score (nSPS) is 22.6. The molecule has 0 aliphatic carbocycles. The first-order valence-corrected chi connectivity index (χ1v) is 6.57. The predicted octanol–water partition coefficient (Wildman–Crippen LogP) is 2.79. The van der Waals surface area contributed by atoms with Gasteiger partial charge in [-0.25, -0.2) is 0 Å². The third-order valence-corrected chi connectivity index (χ3v) is 3.78. The van der Waals surface area contributed by atoms with Gasteiger partial charge in [-0.05, 0) is 24.9 Å². The van der Waals surface area contributed by atoms with Crippen LogP contribution in [0.3, 0.4) is 0 Å². The summed E-state index contributed by atoms with van der Waals surface area (Å²) < 4.78 is 38.9. The van der Waals surface area contributed by atoms with Crippen molar-refractivity contribution in [1.82, 2.24) is 4.90 Å². The molecule has 2 N–H and O–H groups in total. The van der Waals surface area contributed by atoms with Crippen LogP contribution in [0, 0.1) is 5.92 Å². The number of alkyl halides is 3. The van der Waals surface area contributed by atoms with Gasteiger partial charge in [-0.3, -0.25) is 4.90 Å². The van der Waals surface area contributed by atoms with Gasteiger partial charge in [0.2, 0.25) is 0 Å². The van der Waals surface area contributed by atoms with Crippen molar-refractivity contribution in [1.29, 1.82) is 0 Å². The molecular formula is C14H19F3N2. The first-order chi connectivity index (χ1) is 9.02. The molecule has 2 rings (SSSR count). The monoisotopic (exact) mass is 272 g/mol. The first kappa shape index (κ1) is 14.3. The Morgan fingerprint density at radius 1 is 1.26 bits per heavy atom. The minimum absolute atomic E-state index is 0.334. The van der Waals surface area contributed by atoms with Crippen LogP contribution in [0.15, 0.2) is 30.3 Å². The standard InChI is InChI=1S/C14H19F3N2/c15-14(16,17)12(9-18)13-7-4-8-19(13)10-11-5-2-1-3-6-11/h1-3,5-6,12-13H,4,7-10,18H2. The maximum Gasteiger partial charge on any atom is 0.394 e. The minimum Gasteiger partial charge on any atom is -0.330 e. The van der Waals surface area contributed by atoms with E-state index in [2.05, 4.69) is 0 Å². The van der Waals surface area contributed by atoms with E-state index < -0.39 is 18.1 Å². The average molecular weight is 272 g/mol. The van der Waals surface area contributed by atoms with Crippen molar-refractivity contribution < 1.29 is 13.2 Å². The fraction of sp³-hybridized carbons (Fsp3) is 0.571. The third kappa shape index (κ3) is 3.48. The Hall–Kier alpha value is -1.07. The maximum absolute atomic E-state index is 13.0. The molecule has 1 saturated heterocycles. The van der Waals surface area contributed by atoms with Gasteiger partial charge in [-0.2, -0.15) is 13.2 Å². The summed E-state index contributed by atoms with van der Waals surface area (Å²) in [7, 11) is 0. The van der Waals surface area contributed by atoms with Crippen molar-refractivity contribution in [3.05, 3.63) is 35.9 Å². The Bertz CT molecular complexity index is 391. The molecule has 2 nitrogen and oxygen atoms in total. The molecule has 1 aliphatic heterocycles. The molecule has 5 heteroatoms. The first-order valence-electron chi connectivity index (χ1n) is 6.57. The van der Waals surface area contributed by atoms with E-state index in [0.717, 1.165) is 12.0 Å². The van der Waals surface area contributed by atoms with Crippen LogP contribution in [0.25, 0.3) is 0 Å². The summed E-state index contributed by atoms with van der Waals surface area (Å²) in [4.78, 5) is 1.92. The highest BCUT2D eigenvalue weighted by Gasteiger charge is 2.46. The molecule has 2 unspecified atom stereocenters. The molecular weight excluding hydrogens is 253 g/mol. The second kappa shape index (κ2) is 5.92. The lowest BCUT2D eigenvalue weighted by Crippen LogP contribution is -2.46. The Kier molecular flexibility index (Phi) is 4.47. The fourth-order valence-corrected chi connectivity index (χ4v) is 2.83. The van der Waals surface area contributed by atoms with E-state index in [9.17, 15) is 13.2 Å². The zero-order valence-corrected chi connectivity index (χ0v) is 10.7. The van der Waals surface area contributed by atoms with Crippen LogP contribution in [0.4, 0.5) is 13.2 Å². The molecule has 19 heavy (non-hydrogen) atoms. The largest absolute Gasteiger partial charge is 0.394 e. The van der Waals surface area contributed by atoms with Crippen molar-refractivity contribution in [3.8, 4) is 0 Å². The molecule has 1 heterocycles. The highest BCUT2D eigenvalue weighted by molar-refractivity contribution is 5.15. The van der Waals surface area contributed by atoms with E-state index >= 15 is 0 Å². The van der Waals surface area contributed by atoms with Gasteiger partial charge in [-0.1, -0.05) is 30.3 Å². The summed E-state index contributed by atoms with van der Waals surface area (Å²) in [5.74, 6) is -1.42. The Morgan fingerprint density at radius 3 is 2.53 bits per heavy atom. The molecule has 0 radical (unpaired) electrons. The summed E-state index contributed by atoms with van der Waals surface area (Å²) in [5, 5.41) is 0. The highest BCUT2D eigenvalue weighted by atomic mass is 19.4. The molecule has 0 spiro atoms. The van der Waals surface area contributed by atoms with Crippen LogP contribution in [-0.2, 0) is 6.54 Å². The number of hydrogen-bond donors (Lipinski definition) is 1. The van der Waals surface area contributed by atoms with E-state index in [0.29, 0.717) is 19.5 Å². The lowest BCUT2D eigenvalue weighted by molar-refractivity contribution is -0.186. The van der Waals surface area contributed by atoms with Gasteiger partial charge < -0.3 is 5.73 Å². The van der Waals surface area contributed by atoms with Crippen LogP contribution in [0.2, 0.25) is 0 Å². The molecule has 106 valence electrons. The van der Waals surface area contributed by atoms with E-state index in [1.54, 1.807) is 0 Å². The number of rotatable bonds is 4. The van der Waals surface area contributed by atoms with Gasteiger partial charge in [0, 0.05) is 19.1 Å². The van der Waals surface area contributed by atoms with Crippen LogP contribution < -0.4 is 5.73 Å². The molecule has 0 amide bonds. The molecule has 1 aromatic carbocycles. The van der Waals surface area contributed by atoms with E-state index in [1.807, 2.05) is 35.2 Å². The number of hydrogen-bond acceptors (Lipinski definition) is 2. The highest BCUT2D eigenvalue weighted by Crippen LogP contribution is 2.35. The van der Waals surface area contributed by atoms with E-state index in [-0.39, 0.29) is 6.54 Å². The van der Waals surface area contributed by atoms with Crippen LogP contribution in [0.1, 0.15) is 18.4 Å². The number of likely N-dealkylation sites (tertiary alicyclic amines) is 1. The van der Waals surface area contributed by atoms with Gasteiger partial charge >= 0.3 is 6.18 Å². The van der Waals surface area contributed by atoms with Crippen molar-refractivity contribution in [3.63, 3.8) is 0 Å². The fourth-order valence-electron chi connectivity index (χ4n) is 2.83. The number of nitrogens with two attached hydrogens (primary N) is 1. The zero-order valence-electron chi connectivity index (χ0n) is 10.7. The van der Waals surface area contributed by atoms with Crippen molar-refractivity contribution in [2.45, 2.75) is 31.6 Å². The Labute approximate surface area is 111 Å². The number of halogens is 3. The molecule has 0 saturated carbocycles. The summed E-state index contributed by atoms with van der Waals surface area (Å²) in [6, 6.07) is 9.13. The number of benzene rings is 1. The van der Waals surface area contributed by atoms with Crippen molar-refractivity contribution in [2.75, 3.05) is 13.1 Å². The van der Waals surface area contributed by atoms with Gasteiger partial charge in [0.05, 0.1) is 5.92 Å². The molecule has 1 aliphatic rings. The van der Waals surface area contributed by atoms with Crippen molar-refractivity contribution >= 4 is 0 Å². The Balaban J connectivity index is 2.08. The topological polar surface area (TPSA) is 29.3 Å². The second-order valence-corrected chi connectivity index (χ2v) is 5.05. The van der Waals surface area contributed by atoms with Gasteiger partial charge in [-0.15, -0.1) is 0 Å². The molecule has 2 atom stereocenters. The molecule has 0 bridgehead atoms. The van der Waals surface area contributed by atoms with E-state index in [4.69, 9.17) is 5.73 Å². The summed E-state index contributed by atoms with van der Waals surface area (Å²) in [6.07, 6.45) is -2.82. The third-order valence-electron chi connectivity index (χ3n) is 3.78. The maximum atomic E-state index is 13.0. The molecule has 0 aromatic heterocycles. The van der Waals surface area contributed by atoms with Crippen LogP contribution in [-0.4, -0.2) is 30.2 Å². The summed E-state index contributed by atoms with van der Waals surface area (Å²) in [5.41, 5.74) is 6.40. The van der Waals surface area contributed by atoms with Gasteiger partial charge in [0.25, 0.3) is 0 Å². The molecule has 1 fully saturated rings. The predicted molar refractivity (Wildman–Crippen MR) is 68.5 cm³/mol. The summed E-state index contributed by atoms with van der Waals surface area (Å²) >= 11 is 0. The van der Waals surface area contributed by atoms with E-state index in [1.165, 1.54) is 0 Å². The SMILES string of the molecule is NCC(C1CCCN1Cc1ccccc1)C(F)(F)F. The Morgan fingerprint density at radius 2 is 1.95 bits per heavy atom.